The van der Waals surface area contributed by atoms with Gasteiger partial charge in [-0.25, -0.2) is 5.10 Å². The van der Waals surface area contributed by atoms with Gasteiger partial charge < -0.3 is 5.11 Å². The molecule has 0 amide bonds. The van der Waals surface area contributed by atoms with Gasteiger partial charge in [-0.3, -0.25) is 5.10 Å². The van der Waals surface area contributed by atoms with Crippen LogP contribution >= 0.6 is 12.2 Å². The number of nitrogens with zero attached hydrogens (tertiary/aromatic N) is 4. The van der Waals surface area contributed by atoms with Gasteiger partial charge in [0, 0.05) is 5.69 Å². The highest BCUT2D eigenvalue weighted by atomic mass is 32.1. The second kappa shape index (κ2) is 5.33. The van der Waals surface area contributed by atoms with E-state index >= 15 is 0 Å². The van der Waals surface area contributed by atoms with Gasteiger partial charge in [-0.05, 0) is 42.9 Å². The van der Waals surface area contributed by atoms with Crippen molar-refractivity contribution in [3.8, 4) is 17.3 Å². The maximum Gasteiger partial charge on any atom is 0.216 e. The van der Waals surface area contributed by atoms with E-state index in [0.717, 1.165) is 11.3 Å². The van der Waals surface area contributed by atoms with E-state index in [1.165, 1.54) is 4.68 Å². The van der Waals surface area contributed by atoms with Crippen LogP contribution in [0.25, 0.3) is 11.5 Å². The summed E-state index contributed by atoms with van der Waals surface area (Å²) in [4.78, 5) is 0. The molecule has 3 N–H and O–H groups in total. The van der Waals surface area contributed by atoms with Crippen LogP contribution in [0, 0.1) is 11.7 Å². The fourth-order valence-electron chi connectivity index (χ4n) is 1.83. The summed E-state index contributed by atoms with van der Waals surface area (Å²) >= 11 is 5.16. The second-order valence-electron chi connectivity index (χ2n) is 4.44. The lowest BCUT2D eigenvalue weighted by atomic mass is 10.2. The quantitative estimate of drug-likeness (QED) is 0.510. The Kier molecular flexibility index (Phi) is 3.36. The molecule has 8 heteroatoms. The largest absolute Gasteiger partial charge is 0.508 e. The van der Waals surface area contributed by atoms with Gasteiger partial charge in [-0.15, -0.1) is 0 Å². The number of aryl methyl sites for hydroxylation is 1. The van der Waals surface area contributed by atoms with Gasteiger partial charge in [0.2, 0.25) is 10.6 Å². The lowest BCUT2D eigenvalue weighted by molar-refractivity contribution is 0.475. The number of phenolic OH excluding ortho intramolecular Hbond substituents is 1. The summed E-state index contributed by atoms with van der Waals surface area (Å²) in [5.41, 5.74) is 2.32. The van der Waals surface area contributed by atoms with Crippen molar-refractivity contribution in [1.29, 1.82) is 0 Å². The van der Waals surface area contributed by atoms with Gasteiger partial charge in [0.1, 0.15) is 11.4 Å². The highest BCUT2D eigenvalue weighted by Gasteiger charge is 2.10. The predicted octanol–water partition coefficient (Wildman–Crippen LogP) is 2.23. The van der Waals surface area contributed by atoms with Gasteiger partial charge in [-0.1, -0.05) is 12.1 Å². The maximum absolute atomic E-state index is 9.44. The van der Waals surface area contributed by atoms with Crippen LogP contribution < -0.4 is 0 Å². The molecule has 2 aromatic heterocycles. The first-order valence-corrected chi connectivity index (χ1v) is 6.57. The topological polar surface area (TPSA) is 94.9 Å². The number of H-pyrrole nitrogens is 2. The number of hydrogen-bond acceptors (Lipinski definition) is 5. The molecule has 0 aliphatic carbocycles. The fraction of sp³-hybridized carbons (Fsp3) is 0.0769. The first-order chi connectivity index (χ1) is 10.1. The molecule has 0 aliphatic heterocycles. The van der Waals surface area contributed by atoms with Crippen molar-refractivity contribution in [2.24, 2.45) is 5.10 Å². The van der Waals surface area contributed by atoms with Crippen LogP contribution in [0.2, 0.25) is 0 Å². The summed E-state index contributed by atoms with van der Waals surface area (Å²) in [6.45, 7) is 1.90. The van der Waals surface area contributed by atoms with E-state index in [1.54, 1.807) is 24.4 Å². The molecule has 3 rings (SSSR count). The summed E-state index contributed by atoms with van der Waals surface area (Å²) in [5.74, 6) is 0.693. The molecule has 2 heterocycles. The molecule has 3 aromatic rings. The van der Waals surface area contributed by atoms with Gasteiger partial charge in [0.15, 0.2) is 0 Å². The Morgan fingerprint density at radius 2 is 2.14 bits per heavy atom. The lowest BCUT2D eigenvalue weighted by Crippen LogP contribution is -1.95. The minimum absolute atomic E-state index is 0.179. The van der Waals surface area contributed by atoms with Crippen molar-refractivity contribution in [2.75, 3.05) is 0 Å². The highest BCUT2D eigenvalue weighted by Crippen LogP contribution is 2.15. The average Bonchev–Trinajstić information content (AvgIpc) is 3.03. The number of benzene rings is 1. The first kappa shape index (κ1) is 13.3. The van der Waals surface area contributed by atoms with Crippen LogP contribution in [0.5, 0.6) is 5.75 Å². The number of aromatic amines is 2. The van der Waals surface area contributed by atoms with Crippen molar-refractivity contribution in [3.63, 3.8) is 0 Å². The summed E-state index contributed by atoms with van der Waals surface area (Å²) in [5, 5.41) is 27.5. The molecule has 1 aromatic carbocycles. The van der Waals surface area contributed by atoms with Crippen LogP contribution in [0.3, 0.4) is 0 Å². The smallest absolute Gasteiger partial charge is 0.216 e. The van der Waals surface area contributed by atoms with E-state index in [-0.39, 0.29) is 5.75 Å². The number of nitrogens with one attached hydrogen (secondary N) is 2. The van der Waals surface area contributed by atoms with Crippen molar-refractivity contribution in [2.45, 2.75) is 6.92 Å². The Bertz CT molecular complexity index is 859. The van der Waals surface area contributed by atoms with Gasteiger partial charge in [0.25, 0.3) is 0 Å². The Morgan fingerprint density at radius 3 is 2.86 bits per heavy atom. The van der Waals surface area contributed by atoms with Crippen LogP contribution in [0.4, 0.5) is 0 Å². The molecule has 0 saturated carbocycles. The van der Waals surface area contributed by atoms with E-state index in [1.807, 2.05) is 19.1 Å². The number of aromatic nitrogens is 5. The van der Waals surface area contributed by atoms with Crippen molar-refractivity contribution < 1.29 is 5.11 Å². The minimum atomic E-state index is 0.179. The zero-order valence-electron chi connectivity index (χ0n) is 11.1. The molecule has 0 bridgehead atoms. The molecule has 0 atom stereocenters. The third-order valence-electron chi connectivity index (χ3n) is 2.78. The van der Waals surface area contributed by atoms with Crippen molar-refractivity contribution >= 4 is 18.4 Å². The third kappa shape index (κ3) is 2.75. The Balaban J connectivity index is 1.99. The fourth-order valence-corrected chi connectivity index (χ4v) is 2.01. The van der Waals surface area contributed by atoms with Crippen molar-refractivity contribution in [3.05, 3.63) is 46.4 Å². The third-order valence-corrected chi connectivity index (χ3v) is 3.04. The standard InChI is InChI=1S/C13H12N6OS/c1-8-5-11(16-15-8)12-17-18-13(21)19(12)14-7-9-3-2-4-10(20)6-9/h2-7,20H,1H3,(H,15,16)(H,18,21)/b14-7-. The number of rotatable bonds is 3. The summed E-state index contributed by atoms with van der Waals surface area (Å²) < 4.78 is 1.84. The SMILES string of the molecule is Cc1cc(-c2n[nH]c(=S)n2/N=C\c2cccc(O)c2)n[nH]1. The Morgan fingerprint density at radius 1 is 1.29 bits per heavy atom. The van der Waals surface area contributed by atoms with Crippen LogP contribution in [0.15, 0.2) is 35.4 Å². The van der Waals surface area contributed by atoms with E-state index in [9.17, 15) is 5.11 Å². The predicted molar refractivity (Wildman–Crippen MR) is 80.8 cm³/mol. The number of hydrogen-bond donors (Lipinski definition) is 3. The molecular weight excluding hydrogens is 288 g/mol. The Labute approximate surface area is 125 Å². The molecule has 0 unspecified atom stereocenters. The number of phenols is 1. The van der Waals surface area contributed by atoms with Crippen LogP contribution in [-0.2, 0) is 0 Å². The normalized spacial score (nSPS) is 11.3. The highest BCUT2D eigenvalue weighted by molar-refractivity contribution is 7.71. The maximum atomic E-state index is 9.44. The molecule has 0 spiro atoms. The van der Waals surface area contributed by atoms with Gasteiger partial charge in [0.05, 0.1) is 6.21 Å². The zero-order valence-corrected chi connectivity index (χ0v) is 11.9. The molecule has 21 heavy (non-hydrogen) atoms. The van der Waals surface area contributed by atoms with E-state index in [4.69, 9.17) is 12.2 Å². The molecule has 7 nitrogen and oxygen atoms in total. The van der Waals surface area contributed by atoms with Crippen molar-refractivity contribution in [1.82, 2.24) is 25.1 Å². The minimum Gasteiger partial charge on any atom is -0.508 e. The molecule has 0 saturated heterocycles. The summed E-state index contributed by atoms with van der Waals surface area (Å²) in [6.07, 6.45) is 1.59. The molecule has 0 fully saturated rings. The molecule has 0 aliphatic rings. The van der Waals surface area contributed by atoms with E-state index < -0.39 is 0 Å². The summed E-state index contributed by atoms with van der Waals surface area (Å²) in [7, 11) is 0. The first-order valence-electron chi connectivity index (χ1n) is 6.16. The van der Waals surface area contributed by atoms with E-state index in [0.29, 0.717) is 16.3 Å². The number of aromatic hydroxyl groups is 1. The molecule has 106 valence electrons. The van der Waals surface area contributed by atoms with E-state index in [2.05, 4.69) is 25.5 Å². The lowest BCUT2D eigenvalue weighted by Gasteiger charge is -1.97. The molecule has 0 radical (unpaired) electrons. The Hall–Kier alpha value is -2.74. The van der Waals surface area contributed by atoms with Gasteiger partial charge in [-0.2, -0.15) is 20.0 Å². The van der Waals surface area contributed by atoms with Crippen LogP contribution in [-0.4, -0.2) is 36.4 Å². The molecular formula is C13H12N6OS. The van der Waals surface area contributed by atoms with Gasteiger partial charge >= 0.3 is 0 Å². The monoisotopic (exact) mass is 300 g/mol. The summed E-state index contributed by atoms with van der Waals surface area (Å²) in [6, 6.07) is 8.62. The zero-order chi connectivity index (χ0) is 14.8. The van der Waals surface area contributed by atoms with Crippen LogP contribution in [0.1, 0.15) is 11.3 Å². The second-order valence-corrected chi connectivity index (χ2v) is 4.83. The average molecular weight is 300 g/mol.